The Hall–Kier alpha value is -3.66. The van der Waals surface area contributed by atoms with E-state index >= 15 is 0 Å². The Morgan fingerprint density at radius 3 is 2.36 bits per heavy atom. The molecule has 0 N–H and O–H groups in total. The quantitative estimate of drug-likeness (QED) is 0.441. The largest absolute Gasteiger partial charge is 0.416 e. The number of alkyl halides is 3. The van der Waals surface area contributed by atoms with Crippen LogP contribution in [0.25, 0.3) is 27.8 Å². The molecule has 5 rings (SSSR count). The summed E-state index contributed by atoms with van der Waals surface area (Å²) >= 11 is 0. The highest BCUT2D eigenvalue weighted by atomic mass is 19.4. The van der Waals surface area contributed by atoms with Crippen molar-refractivity contribution in [2.75, 3.05) is 33.2 Å². The van der Waals surface area contributed by atoms with Crippen molar-refractivity contribution in [3.8, 4) is 16.9 Å². The van der Waals surface area contributed by atoms with Crippen LogP contribution < -0.4 is 5.56 Å². The van der Waals surface area contributed by atoms with Crippen molar-refractivity contribution >= 4 is 16.9 Å². The lowest BCUT2D eigenvalue weighted by Gasteiger charge is -2.33. The molecule has 0 saturated carbocycles. The van der Waals surface area contributed by atoms with Crippen LogP contribution in [-0.4, -0.2) is 63.4 Å². The van der Waals surface area contributed by atoms with Gasteiger partial charge in [-0.1, -0.05) is 18.2 Å². The van der Waals surface area contributed by atoms with Gasteiger partial charge in [0.15, 0.2) is 0 Å². The van der Waals surface area contributed by atoms with Crippen molar-refractivity contribution in [2.45, 2.75) is 6.18 Å². The fourth-order valence-electron chi connectivity index (χ4n) is 4.09. The van der Waals surface area contributed by atoms with Crippen LogP contribution in [0.1, 0.15) is 5.56 Å². The van der Waals surface area contributed by atoms with Crippen LogP contribution in [0.5, 0.6) is 0 Å². The monoisotopic (exact) mass is 455 g/mol. The standard InChI is InChI=1S/C23H20F3N5O2/c1-28-9-11-29(12-10-28)22(33)30-14-18-20(17-13-15(23(24,25)26)7-8-19(17)30)27-31(21(18)32)16-5-3-2-4-6-16/h2-8,13-14H,9-12H2,1H3. The van der Waals surface area contributed by atoms with Crippen molar-refractivity contribution in [3.63, 3.8) is 0 Å². The van der Waals surface area contributed by atoms with Crippen LogP contribution in [0.3, 0.4) is 0 Å². The second-order valence-electron chi connectivity index (χ2n) is 8.12. The summed E-state index contributed by atoms with van der Waals surface area (Å²) in [5, 5.41) is 4.44. The second kappa shape index (κ2) is 7.73. The smallest absolute Gasteiger partial charge is 0.321 e. The predicted octanol–water partition coefficient (Wildman–Crippen LogP) is 3.53. The molecule has 2 aromatic carbocycles. The Bertz CT molecular complexity index is 1370. The number of para-hydroxylation sites is 1. The fourth-order valence-corrected chi connectivity index (χ4v) is 4.09. The number of carbonyl (C=O) groups excluding carboxylic acids is 1. The highest BCUT2D eigenvalue weighted by Crippen LogP contribution is 2.35. The molecule has 33 heavy (non-hydrogen) atoms. The van der Waals surface area contributed by atoms with E-state index < -0.39 is 17.3 Å². The van der Waals surface area contributed by atoms with Gasteiger partial charge in [-0.25, -0.2) is 4.79 Å². The number of carbonyl (C=O) groups is 1. The minimum atomic E-state index is -4.58. The van der Waals surface area contributed by atoms with E-state index in [4.69, 9.17) is 0 Å². The average Bonchev–Trinajstić information content (AvgIpc) is 3.15. The number of nitrogens with zero attached hydrogens (tertiary/aromatic N) is 5. The van der Waals surface area contributed by atoms with Gasteiger partial charge in [-0.3, -0.25) is 9.36 Å². The molecular formula is C23H20F3N5O2. The number of amides is 1. The van der Waals surface area contributed by atoms with Gasteiger partial charge >= 0.3 is 12.2 Å². The van der Waals surface area contributed by atoms with Gasteiger partial charge in [0.1, 0.15) is 5.69 Å². The van der Waals surface area contributed by atoms with Crippen molar-refractivity contribution < 1.29 is 18.0 Å². The van der Waals surface area contributed by atoms with Gasteiger partial charge in [-0.2, -0.15) is 23.0 Å². The summed E-state index contributed by atoms with van der Waals surface area (Å²) in [4.78, 5) is 30.3. The first-order valence-electron chi connectivity index (χ1n) is 10.4. The highest BCUT2D eigenvalue weighted by molar-refractivity contribution is 5.99. The maximum Gasteiger partial charge on any atom is 0.416 e. The molecule has 3 aliphatic rings. The molecule has 10 heteroatoms. The maximum atomic E-state index is 13.5. The molecule has 2 aromatic rings. The molecule has 0 atom stereocenters. The fraction of sp³-hybridized carbons (Fsp3) is 0.261. The van der Waals surface area contributed by atoms with E-state index in [0.717, 1.165) is 16.8 Å². The van der Waals surface area contributed by atoms with E-state index in [-0.39, 0.29) is 28.2 Å². The number of pyridine rings is 1. The molecule has 1 saturated heterocycles. The number of rotatable bonds is 1. The number of benzene rings is 2. The average molecular weight is 455 g/mol. The Labute approximate surface area is 186 Å². The molecule has 3 aliphatic heterocycles. The first-order valence-corrected chi connectivity index (χ1v) is 10.4. The van der Waals surface area contributed by atoms with Gasteiger partial charge in [-0.05, 0) is 37.4 Å². The molecular weight excluding hydrogens is 435 g/mol. The van der Waals surface area contributed by atoms with Gasteiger partial charge in [0.2, 0.25) is 0 Å². The zero-order valence-corrected chi connectivity index (χ0v) is 17.7. The topological polar surface area (TPSA) is 63.4 Å². The number of likely N-dealkylation sites (N-methyl/N-ethyl adjacent to an activating group) is 1. The molecule has 0 unspecified atom stereocenters. The normalized spacial score (nSPS) is 15.5. The first-order chi connectivity index (χ1) is 15.7. The first kappa shape index (κ1) is 21.2. The Kier molecular flexibility index (Phi) is 4.97. The van der Waals surface area contributed by atoms with E-state index in [1.165, 1.54) is 16.8 Å². The van der Waals surface area contributed by atoms with E-state index in [1.54, 1.807) is 35.2 Å². The summed E-state index contributed by atoms with van der Waals surface area (Å²) in [6, 6.07) is 11.4. The Balaban J connectivity index is 1.76. The summed E-state index contributed by atoms with van der Waals surface area (Å²) in [5.41, 5.74) is -0.438. The van der Waals surface area contributed by atoms with Crippen LogP contribution in [0.4, 0.5) is 18.0 Å². The molecule has 0 aromatic heterocycles. The summed E-state index contributed by atoms with van der Waals surface area (Å²) in [7, 11) is 1.96. The van der Waals surface area contributed by atoms with Crippen molar-refractivity contribution in [1.29, 1.82) is 0 Å². The molecule has 0 aliphatic carbocycles. The zero-order valence-electron chi connectivity index (χ0n) is 17.7. The Morgan fingerprint density at radius 1 is 1.00 bits per heavy atom. The number of hydrogen-bond donors (Lipinski definition) is 0. The molecule has 3 heterocycles. The number of fused-ring (bicyclic) bond motifs is 3. The minimum Gasteiger partial charge on any atom is -0.321 e. The van der Waals surface area contributed by atoms with E-state index in [2.05, 4.69) is 10.00 Å². The van der Waals surface area contributed by atoms with Crippen LogP contribution in [0.2, 0.25) is 0 Å². The number of hydrogen-bond acceptors (Lipinski definition) is 4. The Morgan fingerprint density at radius 2 is 1.70 bits per heavy atom. The van der Waals surface area contributed by atoms with Crippen LogP contribution >= 0.6 is 0 Å². The van der Waals surface area contributed by atoms with Crippen LogP contribution in [-0.2, 0) is 6.18 Å². The summed E-state index contributed by atoms with van der Waals surface area (Å²) in [6.07, 6.45) is -3.19. The molecule has 1 amide bonds. The molecule has 1 fully saturated rings. The van der Waals surface area contributed by atoms with Gasteiger partial charge in [-0.15, -0.1) is 0 Å². The second-order valence-corrected chi connectivity index (χ2v) is 8.12. The molecule has 0 radical (unpaired) electrons. The lowest BCUT2D eigenvalue weighted by atomic mass is 10.0. The predicted molar refractivity (Wildman–Crippen MR) is 117 cm³/mol. The lowest BCUT2D eigenvalue weighted by molar-refractivity contribution is -0.137. The van der Waals surface area contributed by atoms with Crippen LogP contribution in [0.15, 0.2) is 59.5 Å². The molecule has 7 nitrogen and oxygen atoms in total. The van der Waals surface area contributed by atoms with E-state index in [9.17, 15) is 22.8 Å². The minimum absolute atomic E-state index is 0.0770. The highest BCUT2D eigenvalue weighted by Gasteiger charge is 2.33. The SMILES string of the molecule is CN1CCN(C(=O)n2cc3c(=O)n(-c4ccccc4)nc-3c3cc(C(F)(F)F)ccc32)CC1. The van der Waals surface area contributed by atoms with Crippen molar-refractivity contribution in [3.05, 3.63) is 70.6 Å². The number of aromatic nitrogens is 3. The van der Waals surface area contributed by atoms with Crippen molar-refractivity contribution in [1.82, 2.24) is 24.1 Å². The van der Waals surface area contributed by atoms with Gasteiger partial charge in [0, 0.05) is 37.8 Å². The van der Waals surface area contributed by atoms with E-state index in [0.29, 0.717) is 31.9 Å². The van der Waals surface area contributed by atoms with Gasteiger partial charge in [0.25, 0.3) is 5.56 Å². The number of halogens is 3. The van der Waals surface area contributed by atoms with Gasteiger partial charge in [0.05, 0.1) is 22.3 Å². The lowest BCUT2D eigenvalue weighted by Crippen LogP contribution is -2.48. The number of piperazine rings is 1. The third kappa shape index (κ3) is 3.66. The molecule has 170 valence electrons. The summed E-state index contributed by atoms with van der Waals surface area (Å²) in [5.74, 6) is 0. The maximum absolute atomic E-state index is 13.5. The zero-order chi connectivity index (χ0) is 23.3. The summed E-state index contributed by atoms with van der Waals surface area (Å²) < 4.78 is 42.8. The van der Waals surface area contributed by atoms with E-state index in [1.807, 2.05) is 7.05 Å². The molecule has 0 spiro atoms. The summed E-state index contributed by atoms with van der Waals surface area (Å²) in [6.45, 7) is 2.33. The van der Waals surface area contributed by atoms with Gasteiger partial charge < -0.3 is 9.80 Å². The molecule has 0 bridgehead atoms. The third-order valence-corrected chi connectivity index (χ3v) is 5.96. The van der Waals surface area contributed by atoms with Crippen LogP contribution in [0, 0.1) is 0 Å². The van der Waals surface area contributed by atoms with Crippen molar-refractivity contribution in [2.24, 2.45) is 0 Å². The third-order valence-electron chi connectivity index (χ3n) is 5.96.